The van der Waals surface area contributed by atoms with Gasteiger partial charge in [-0.15, -0.1) is 0 Å². The van der Waals surface area contributed by atoms with Crippen molar-refractivity contribution in [3.05, 3.63) is 0 Å². The molecule has 0 amide bonds. The van der Waals surface area contributed by atoms with Gasteiger partial charge in [-0.05, 0) is 0 Å². The van der Waals surface area contributed by atoms with Crippen molar-refractivity contribution in [3.8, 4) is 0 Å². The predicted molar refractivity (Wildman–Crippen MR) is 28.5 cm³/mol. The summed E-state index contributed by atoms with van der Waals surface area (Å²) in [6.45, 7) is -7.33. The molecule has 0 heterocycles. The number of hydrogen-bond acceptors (Lipinski definition) is 1. The van der Waals surface area contributed by atoms with Gasteiger partial charge in [0.15, 0.2) is 0 Å². The molecule has 4 nitrogen and oxygen atoms in total. The van der Waals surface area contributed by atoms with Crippen LogP contribution < -0.4 is 0 Å². The monoisotopic (exact) mass is 238 g/mol. The maximum atomic E-state index is 9.67. The fraction of sp³-hybridized carbons (Fsp3) is 1.00. The van der Waals surface area contributed by atoms with Crippen molar-refractivity contribution in [3.63, 3.8) is 0 Å². The summed E-state index contributed by atoms with van der Waals surface area (Å²) in [6.07, 6.45) is 0. The van der Waals surface area contributed by atoms with Gasteiger partial charge in [0.05, 0.1) is 0 Å². The van der Waals surface area contributed by atoms with Crippen molar-refractivity contribution in [2.75, 3.05) is 0 Å². The molecular weight excluding hydrogens is 233 g/mol. The fourth-order valence-electron chi connectivity index (χ4n) is 0. The summed E-state index contributed by atoms with van der Waals surface area (Å²) >= 11 is 0. The van der Waals surface area contributed by atoms with Crippen LogP contribution in [0.3, 0.4) is 0 Å². The van der Waals surface area contributed by atoms with E-state index in [0.717, 1.165) is 0 Å². The van der Waals surface area contributed by atoms with Crippen LogP contribution in [0.2, 0.25) is 0 Å². The van der Waals surface area contributed by atoms with Gasteiger partial charge in [-0.3, -0.25) is 0 Å². The first-order chi connectivity index (χ1) is 5.46. The van der Waals surface area contributed by atoms with E-state index in [0.29, 0.717) is 0 Å². The van der Waals surface area contributed by atoms with Gasteiger partial charge in [-0.25, -0.2) is 4.57 Å². The average molecular weight is 238 g/mol. The molecule has 0 bridgehead atoms. The number of halogens is 6. The number of hydrogen-bond donors (Lipinski definition) is 3. The molecule has 11 heteroatoms. The van der Waals surface area contributed by atoms with Crippen LogP contribution in [0, 0.1) is 0 Å². The summed E-state index contributed by atoms with van der Waals surface area (Å²) in [6, 6.07) is 0. The SMILES string of the molecule is FC(F)F.FC(F)F.O=P(O)(O)O. The lowest BCUT2D eigenvalue weighted by molar-refractivity contribution is 0.00734. The van der Waals surface area contributed by atoms with Gasteiger partial charge >= 0.3 is 21.2 Å². The van der Waals surface area contributed by atoms with Crippen LogP contribution in [0.1, 0.15) is 0 Å². The Labute approximate surface area is 68.0 Å². The molecule has 0 fully saturated rings. The minimum absolute atomic E-state index is 3.67. The van der Waals surface area contributed by atoms with Gasteiger partial charge in [0, 0.05) is 0 Å². The molecule has 0 atom stereocenters. The standard InChI is InChI=1S/2CHF3.H3O4P/c2*2-1(3)4;1-5(2,3)4/h2*1H;(H3,1,2,3,4). The van der Waals surface area contributed by atoms with Gasteiger partial charge in [0.2, 0.25) is 0 Å². The maximum Gasteiger partial charge on any atom is 0.466 e. The lowest BCUT2D eigenvalue weighted by Crippen LogP contribution is -1.66. The molecule has 84 valence electrons. The normalized spacial score (nSPS) is 10.1. The third kappa shape index (κ3) is 11400. The Hall–Kier alpha value is -0.310. The minimum Gasteiger partial charge on any atom is -0.303 e. The lowest BCUT2D eigenvalue weighted by atomic mass is 11.6. The van der Waals surface area contributed by atoms with Crippen molar-refractivity contribution < 1.29 is 45.6 Å². The van der Waals surface area contributed by atoms with E-state index in [1.807, 2.05) is 0 Å². The molecule has 0 aromatic rings. The Morgan fingerprint density at radius 3 is 0.769 bits per heavy atom. The first-order valence-electron chi connectivity index (χ1n) is 2.09. The summed E-state index contributed by atoms with van der Waals surface area (Å²) in [4.78, 5) is 21.6. The zero-order chi connectivity index (χ0) is 11.7. The van der Waals surface area contributed by atoms with Crippen molar-refractivity contribution in [1.82, 2.24) is 0 Å². The minimum atomic E-state index is -4.64. The second kappa shape index (κ2) is 9.78. The van der Waals surface area contributed by atoms with E-state index in [-0.39, 0.29) is 0 Å². The van der Waals surface area contributed by atoms with Crippen molar-refractivity contribution in [2.24, 2.45) is 0 Å². The van der Waals surface area contributed by atoms with Crippen LogP contribution >= 0.6 is 7.82 Å². The first-order valence-corrected chi connectivity index (χ1v) is 3.66. The molecule has 13 heavy (non-hydrogen) atoms. The van der Waals surface area contributed by atoms with Gasteiger partial charge in [0.25, 0.3) is 0 Å². The molecule has 0 spiro atoms. The van der Waals surface area contributed by atoms with Crippen LogP contribution in [0.5, 0.6) is 0 Å². The maximum absolute atomic E-state index is 9.67. The van der Waals surface area contributed by atoms with Crippen LogP contribution in [0.15, 0.2) is 0 Å². The third-order valence-electron chi connectivity index (χ3n) is 0. The molecule has 0 radical (unpaired) electrons. The van der Waals surface area contributed by atoms with Gasteiger partial charge in [0.1, 0.15) is 0 Å². The highest BCUT2D eigenvalue weighted by molar-refractivity contribution is 7.45. The molecule has 0 rings (SSSR count). The van der Waals surface area contributed by atoms with Crippen LogP contribution in [0.25, 0.3) is 0 Å². The second-order valence-corrected chi connectivity index (χ2v) is 2.03. The topological polar surface area (TPSA) is 77.8 Å². The first kappa shape index (κ1) is 18.5. The van der Waals surface area contributed by atoms with Gasteiger partial charge in [-0.2, -0.15) is 26.3 Å². The molecule has 0 saturated carbocycles. The molecule has 0 unspecified atom stereocenters. The summed E-state index contributed by atoms with van der Waals surface area (Å²) in [5.74, 6) is 0. The Balaban J connectivity index is -0.000000117. The van der Waals surface area contributed by atoms with Crippen LogP contribution in [-0.4, -0.2) is 28.0 Å². The van der Waals surface area contributed by atoms with Crippen molar-refractivity contribution >= 4 is 7.82 Å². The van der Waals surface area contributed by atoms with Gasteiger partial charge < -0.3 is 14.7 Å². The summed E-state index contributed by atoms with van der Waals surface area (Å²) in [7, 11) is -4.64. The highest BCUT2D eigenvalue weighted by Gasteiger charge is 2.00. The zero-order valence-electron chi connectivity index (χ0n) is 5.62. The van der Waals surface area contributed by atoms with Crippen LogP contribution in [-0.2, 0) is 4.57 Å². The van der Waals surface area contributed by atoms with E-state index in [4.69, 9.17) is 19.2 Å². The molecule has 0 saturated heterocycles. The quantitative estimate of drug-likeness (QED) is 0.440. The Morgan fingerprint density at radius 1 is 0.769 bits per heavy atom. The Kier molecular flexibility index (Phi) is 13.9. The van der Waals surface area contributed by atoms with E-state index in [2.05, 4.69) is 0 Å². The van der Waals surface area contributed by atoms with Crippen molar-refractivity contribution in [1.29, 1.82) is 0 Å². The largest absolute Gasteiger partial charge is 0.466 e. The van der Waals surface area contributed by atoms with E-state index in [9.17, 15) is 26.3 Å². The smallest absolute Gasteiger partial charge is 0.303 e. The molecule has 0 aliphatic heterocycles. The number of phosphoric acid groups is 1. The summed E-state index contributed by atoms with van der Waals surface area (Å²) in [5.41, 5.74) is 0. The van der Waals surface area contributed by atoms with E-state index in [1.165, 1.54) is 0 Å². The van der Waals surface area contributed by atoms with E-state index >= 15 is 0 Å². The Morgan fingerprint density at radius 2 is 0.769 bits per heavy atom. The Bertz CT molecular complexity index is 115. The molecular formula is C2H5F6O4P. The molecule has 0 aliphatic carbocycles. The molecule has 0 aromatic heterocycles. The third-order valence-corrected chi connectivity index (χ3v) is 0. The predicted octanol–water partition coefficient (Wildman–Crippen LogP) is 1.43. The lowest BCUT2D eigenvalue weighted by Gasteiger charge is -1.82. The van der Waals surface area contributed by atoms with Crippen LogP contribution in [0.4, 0.5) is 26.3 Å². The summed E-state index contributed by atoms with van der Waals surface area (Å²) in [5, 5.41) is 0. The highest BCUT2D eigenvalue weighted by atomic mass is 31.2. The van der Waals surface area contributed by atoms with E-state index < -0.39 is 21.2 Å². The number of alkyl halides is 6. The zero-order valence-corrected chi connectivity index (χ0v) is 6.51. The number of rotatable bonds is 0. The second-order valence-electron chi connectivity index (χ2n) is 1.01. The fourth-order valence-corrected chi connectivity index (χ4v) is 0. The molecule has 3 N–H and O–H groups in total. The average Bonchev–Trinajstić information content (AvgIpc) is 1.50. The van der Waals surface area contributed by atoms with E-state index in [1.54, 1.807) is 0 Å². The van der Waals surface area contributed by atoms with Crippen molar-refractivity contribution in [2.45, 2.75) is 13.4 Å². The molecule has 0 aliphatic rings. The summed E-state index contributed by atoms with van der Waals surface area (Å²) < 4.78 is 66.9. The molecule has 0 aromatic carbocycles. The highest BCUT2D eigenvalue weighted by Crippen LogP contribution is 2.25. The van der Waals surface area contributed by atoms with Gasteiger partial charge in [-0.1, -0.05) is 0 Å².